The van der Waals surface area contributed by atoms with Crippen LogP contribution in [0, 0.1) is 13.8 Å². The number of nitrogens with zero attached hydrogens (tertiary/aromatic N) is 6. The molecule has 2 aliphatic rings. The standard InChI is InChI=1S/C30H33IN6OS/c1-18-12-20(7-9-24(18)30(38)34(3)4)25-17-37(39-31)29-27(25)33-26(15-32-29)22-13-19(2)28-21(14-22)6-8-23-16-35(5)10-11-36(23)28/h7,9,12-15,17,23H,6,8,10-11,16H2,1-5H3. The number of carbonyl (C=O) groups excluding carboxylic acids is 1. The normalized spacial score (nSPS) is 17.3. The lowest BCUT2D eigenvalue weighted by Gasteiger charge is -2.46. The van der Waals surface area contributed by atoms with Crippen molar-refractivity contribution in [3.05, 3.63) is 65.0 Å². The third-order valence-electron chi connectivity index (χ3n) is 8.11. The summed E-state index contributed by atoms with van der Waals surface area (Å²) < 4.78 is 2.06. The zero-order valence-electron chi connectivity index (χ0n) is 23.0. The van der Waals surface area contributed by atoms with Crippen LogP contribution in [-0.4, -0.2) is 76.5 Å². The fourth-order valence-electron chi connectivity index (χ4n) is 6.16. The molecule has 1 fully saturated rings. The van der Waals surface area contributed by atoms with E-state index in [1.54, 1.807) is 28.1 Å². The molecule has 1 unspecified atom stereocenters. The average molecular weight is 653 g/mol. The van der Waals surface area contributed by atoms with Gasteiger partial charge >= 0.3 is 0 Å². The number of aryl methyl sites for hydroxylation is 3. The summed E-state index contributed by atoms with van der Waals surface area (Å²) in [5, 5.41) is 0. The molecule has 0 N–H and O–H groups in total. The van der Waals surface area contributed by atoms with E-state index in [9.17, 15) is 4.79 Å². The van der Waals surface area contributed by atoms with Gasteiger partial charge < -0.3 is 14.7 Å². The number of piperazine rings is 1. The number of anilines is 1. The van der Waals surface area contributed by atoms with Crippen LogP contribution in [0.1, 0.15) is 33.5 Å². The minimum atomic E-state index is 0.0112. The fraction of sp³-hybridized carbons (Fsp3) is 0.367. The Hall–Kier alpha value is -2.63. The van der Waals surface area contributed by atoms with Crippen LogP contribution in [-0.2, 0) is 6.42 Å². The molecule has 1 saturated heterocycles. The van der Waals surface area contributed by atoms with Gasteiger partial charge in [-0.1, -0.05) is 12.1 Å². The van der Waals surface area contributed by atoms with E-state index < -0.39 is 0 Å². The van der Waals surface area contributed by atoms with Crippen molar-refractivity contribution >= 4 is 53.1 Å². The van der Waals surface area contributed by atoms with Crippen molar-refractivity contribution in [1.29, 1.82) is 0 Å². The number of rotatable bonds is 4. The second kappa shape index (κ2) is 10.4. The maximum absolute atomic E-state index is 12.6. The van der Waals surface area contributed by atoms with Crippen molar-refractivity contribution in [3.8, 4) is 22.4 Å². The summed E-state index contributed by atoms with van der Waals surface area (Å²) in [6.07, 6.45) is 6.29. The molecule has 2 aromatic heterocycles. The van der Waals surface area contributed by atoms with Crippen molar-refractivity contribution < 1.29 is 4.79 Å². The third-order valence-corrected chi connectivity index (χ3v) is 9.81. The van der Waals surface area contributed by atoms with Crippen LogP contribution in [0.15, 0.2) is 42.7 Å². The van der Waals surface area contributed by atoms with E-state index >= 15 is 0 Å². The third kappa shape index (κ3) is 4.72. The van der Waals surface area contributed by atoms with Gasteiger partial charge in [-0.2, -0.15) is 0 Å². The second-order valence-corrected chi connectivity index (χ2v) is 12.8. The van der Waals surface area contributed by atoms with Crippen LogP contribution >= 0.6 is 30.3 Å². The van der Waals surface area contributed by atoms with E-state index in [1.165, 1.54) is 23.2 Å². The van der Waals surface area contributed by atoms with Gasteiger partial charge in [0.1, 0.15) is 5.52 Å². The number of likely N-dealkylation sites (N-methyl/N-ethyl adjacent to an activating group) is 1. The Bertz CT molecular complexity index is 1600. The Kier molecular flexibility index (Phi) is 7.09. The maximum atomic E-state index is 12.6. The van der Waals surface area contributed by atoms with Gasteiger partial charge in [-0.15, -0.1) is 0 Å². The number of carbonyl (C=O) groups is 1. The first-order chi connectivity index (χ1) is 18.7. The lowest BCUT2D eigenvalue weighted by atomic mass is 9.89. The molecule has 39 heavy (non-hydrogen) atoms. The fourth-order valence-corrected chi connectivity index (χ4v) is 7.40. The van der Waals surface area contributed by atoms with Crippen molar-refractivity contribution in [2.75, 3.05) is 45.7 Å². The van der Waals surface area contributed by atoms with Crippen molar-refractivity contribution in [3.63, 3.8) is 0 Å². The van der Waals surface area contributed by atoms with Crippen molar-refractivity contribution in [2.45, 2.75) is 32.7 Å². The zero-order valence-corrected chi connectivity index (χ0v) is 26.0. The molecule has 7 nitrogen and oxygen atoms in total. The van der Waals surface area contributed by atoms with Crippen molar-refractivity contribution in [1.82, 2.24) is 23.7 Å². The van der Waals surface area contributed by atoms with E-state index in [0.29, 0.717) is 6.04 Å². The number of halogens is 1. The van der Waals surface area contributed by atoms with Crippen LogP contribution in [0.4, 0.5) is 5.69 Å². The maximum Gasteiger partial charge on any atom is 0.253 e. The molecule has 4 aromatic rings. The summed E-state index contributed by atoms with van der Waals surface area (Å²) >= 11 is 2.28. The Morgan fingerprint density at radius 3 is 2.64 bits per heavy atom. The van der Waals surface area contributed by atoms with E-state index in [0.717, 1.165) is 70.7 Å². The van der Waals surface area contributed by atoms with Gasteiger partial charge in [-0.25, -0.2) is 9.97 Å². The monoisotopic (exact) mass is 652 g/mol. The molecule has 4 heterocycles. The van der Waals surface area contributed by atoms with Crippen LogP contribution in [0.25, 0.3) is 33.5 Å². The summed E-state index contributed by atoms with van der Waals surface area (Å²) in [7, 11) is 7.37. The molecule has 6 rings (SSSR count). The highest BCUT2D eigenvalue weighted by molar-refractivity contribution is 14.2. The Morgan fingerprint density at radius 2 is 1.90 bits per heavy atom. The SMILES string of the molecule is Cc1cc(-c2cn(SI)c3ncc(-c4cc(C)c5c(c4)CCC4CN(C)CCN54)nc23)ccc1C(=O)N(C)C. The Balaban J connectivity index is 1.42. The number of fused-ring (bicyclic) bond motifs is 4. The zero-order chi connectivity index (χ0) is 27.4. The predicted molar refractivity (Wildman–Crippen MR) is 170 cm³/mol. The molecule has 1 amide bonds. The van der Waals surface area contributed by atoms with Crippen LogP contribution in [0.3, 0.4) is 0 Å². The smallest absolute Gasteiger partial charge is 0.253 e. The van der Waals surface area contributed by atoms with Crippen LogP contribution in [0.2, 0.25) is 0 Å². The summed E-state index contributed by atoms with van der Waals surface area (Å²) in [6.45, 7) is 7.56. The highest BCUT2D eigenvalue weighted by Crippen LogP contribution is 2.39. The molecular formula is C30H33IN6OS. The molecule has 202 valence electrons. The van der Waals surface area contributed by atoms with Gasteiger partial charge in [0, 0.05) is 98.7 Å². The summed E-state index contributed by atoms with van der Waals surface area (Å²) in [5.74, 6) is 0.0112. The highest BCUT2D eigenvalue weighted by atomic mass is 127. The molecule has 1 atom stereocenters. The van der Waals surface area contributed by atoms with Crippen molar-refractivity contribution in [2.24, 2.45) is 0 Å². The molecular weight excluding hydrogens is 619 g/mol. The molecule has 2 aliphatic heterocycles. The quantitative estimate of drug-likeness (QED) is 0.253. The van der Waals surface area contributed by atoms with Gasteiger partial charge in [0.2, 0.25) is 0 Å². The highest BCUT2D eigenvalue weighted by Gasteiger charge is 2.32. The number of amides is 1. The van der Waals surface area contributed by atoms with E-state index in [-0.39, 0.29) is 5.91 Å². The topological polar surface area (TPSA) is 57.5 Å². The Morgan fingerprint density at radius 1 is 1.10 bits per heavy atom. The average Bonchev–Trinajstić information content (AvgIpc) is 3.30. The predicted octanol–water partition coefficient (Wildman–Crippen LogP) is 6.00. The van der Waals surface area contributed by atoms with E-state index in [4.69, 9.17) is 9.97 Å². The van der Waals surface area contributed by atoms with Crippen LogP contribution < -0.4 is 4.90 Å². The van der Waals surface area contributed by atoms with Gasteiger partial charge in [0.25, 0.3) is 5.91 Å². The first-order valence-electron chi connectivity index (χ1n) is 13.3. The lowest BCUT2D eigenvalue weighted by Crippen LogP contribution is -2.54. The van der Waals surface area contributed by atoms with Crippen LogP contribution in [0.5, 0.6) is 0 Å². The number of aromatic nitrogens is 3. The molecule has 9 heteroatoms. The largest absolute Gasteiger partial charge is 0.366 e. The van der Waals surface area contributed by atoms with Gasteiger partial charge in [0.15, 0.2) is 5.65 Å². The molecule has 0 aliphatic carbocycles. The van der Waals surface area contributed by atoms with Gasteiger partial charge in [-0.05, 0) is 74.2 Å². The number of benzene rings is 2. The van der Waals surface area contributed by atoms with E-state index in [1.807, 2.05) is 25.3 Å². The number of hydrogen-bond acceptors (Lipinski definition) is 6. The number of hydrogen-bond donors (Lipinski definition) is 0. The molecule has 0 saturated carbocycles. The minimum Gasteiger partial charge on any atom is -0.366 e. The lowest BCUT2D eigenvalue weighted by molar-refractivity contribution is 0.0827. The summed E-state index contributed by atoms with van der Waals surface area (Å²) in [6, 6.07) is 11.2. The molecule has 2 aromatic carbocycles. The minimum absolute atomic E-state index is 0.0112. The first-order valence-corrected chi connectivity index (χ1v) is 16.7. The second-order valence-electron chi connectivity index (χ2n) is 11.0. The molecule has 0 radical (unpaired) electrons. The summed E-state index contributed by atoms with van der Waals surface area (Å²) in [5.41, 5.74) is 11.6. The molecule has 0 bridgehead atoms. The Labute approximate surface area is 246 Å². The summed E-state index contributed by atoms with van der Waals surface area (Å²) in [4.78, 5) is 29.4. The van der Waals surface area contributed by atoms with E-state index in [2.05, 4.69) is 73.3 Å². The first kappa shape index (κ1) is 26.6. The molecule has 0 spiro atoms. The van der Waals surface area contributed by atoms with Gasteiger partial charge in [0.05, 0.1) is 11.9 Å². The van der Waals surface area contributed by atoms with Gasteiger partial charge in [-0.3, -0.25) is 8.77 Å².